The number of aromatic hydroxyl groups is 1. The normalized spacial score (nSPS) is 9.83. The van der Waals surface area contributed by atoms with Crippen molar-refractivity contribution in [3.63, 3.8) is 0 Å². The summed E-state index contributed by atoms with van der Waals surface area (Å²) in [5.74, 6) is -0.123. The van der Waals surface area contributed by atoms with Gasteiger partial charge < -0.3 is 5.11 Å². The first kappa shape index (κ1) is 9.07. The second-order valence-corrected chi connectivity index (χ2v) is 2.88. The van der Waals surface area contributed by atoms with Crippen LogP contribution in [0.25, 0.3) is 0 Å². The molecule has 0 spiro atoms. The van der Waals surface area contributed by atoms with E-state index in [1.54, 1.807) is 12.1 Å². The highest BCUT2D eigenvalue weighted by Crippen LogP contribution is 2.15. The van der Waals surface area contributed by atoms with Gasteiger partial charge in [0.15, 0.2) is 5.78 Å². The van der Waals surface area contributed by atoms with Crippen LogP contribution in [0, 0.1) is 6.92 Å². The molecule has 0 aliphatic heterocycles. The Morgan fingerprint density at radius 3 is 2.67 bits per heavy atom. The highest BCUT2D eigenvalue weighted by molar-refractivity contribution is 6.30. The molecule has 0 atom stereocenters. The summed E-state index contributed by atoms with van der Waals surface area (Å²) in [5, 5.41) is 9.14. The van der Waals surface area contributed by atoms with Gasteiger partial charge in [-0.3, -0.25) is 4.79 Å². The Balaban J connectivity index is 3.08. The van der Waals surface area contributed by atoms with Gasteiger partial charge >= 0.3 is 0 Å². The van der Waals surface area contributed by atoms with E-state index in [-0.39, 0.29) is 17.4 Å². The van der Waals surface area contributed by atoms with E-state index in [0.717, 1.165) is 5.56 Å². The first-order valence-electron chi connectivity index (χ1n) is 3.53. The predicted molar refractivity (Wildman–Crippen MR) is 47.9 cm³/mol. The van der Waals surface area contributed by atoms with E-state index in [1.807, 2.05) is 6.92 Å². The molecule has 2 nitrogen and oxygen atoms in total. The molecule has 64 valence electrons. The molecular formula is C9H9ClO2. The number of halogens is 1. The summed E-state index contributed by atoms with van der Waals surface area (Å²) < 4.78 is 0. The number of carbonyl (C=O) groups excluding carboxylic acids is 1. The molecule has 0 saturated carbocycles. The van der Waals surface area contributed by atoms with Gasteiger partial charge in [-0.15, -0.1) is 11.6 Å². The van der Waals surface area contributed by atoms with Crippen LogP contribution in [0.4, 0.5) is 0 Å². The highest BCUT2D eigenvalue weighted by Gasteiger charge is 2.05. The number of Topliss-reactive ketones (excluding diaryl/α,β-unsaturated/α-hetero) is 1. The number of carbonyl (C=O) groups is 1. The maximum atomic E-state index is 11.1. The van der Waals surface area contributed by atoms with Crippen molar-refractivity contribution in [3.8, 4) is 5.75 Å². The van der Waals surface area contributed by atoms with Gasteiger partial charge in [0.1, 0.15) is 5.75 Å². The summed E-state index contributed by atoms with van der Waals surface area (Å²) in [6.07, 6.45) is 0. The molecule has 0 radical (unpaired) electrons. The van der Waals surface area contributed by atoms with Crippen LogP contribution in [0.3, 0.4) is 0 Å². The summed E-state index contributed by atoms with van der Waals surface area (Å²) in [5.41, 5.74) is 1.31. The second kappa shape index (κ2) is 3.59. The van der Waals surface area contributed by atoms with E-state index in [4.69, 9.17) is 16.7 Å². The van der Waals surface area contributed by atoms with Gasteiger partial charge in [0.25, 0.3) is 0 Å². The first-order valence-corrected chi connectivity index (χ1v) is 4.07. The smallest absolute Gasteiger partial charge is 0.177 e. The van der Waals surface area contributed by atoms with Crippen molar-refractivity contribution >= 4 is 17.4 Å². The van der Waals surface area contributed by atoms with Crippen LogP contribution in [0.15, 0.2) is 18.2 Å². The molecule has 0 aliphatic carbocycles. The number of hydrogen-bond donors (Lipinski definition) is 1. The third-order valence-corrected chi connectivity index (χ3v) is 1.75. The predicted octanol–water partition coefficient (Wildman–Crippen LogP) is 2.12. The van der Waals surface area contributed by atoms with Crippen LogP contribution in [-0.2, 0) is 0 Å². The fourth-order valence-corrected chi connectivity index (χ4v) is 1.16. The Bertz CT molecular complexity index is 287. The van der Waals surface area contributed by atoms with Crippen LogP contribution in [0.1, 0.15) is 15.9 Å². The summed E-state index contributed by atoms with van der Waals surface area (Å²) in [4.78, 5) is 11.1. The molecule has 0 amide bonds. The fourth-order valence-electron chi connectivity index (χ4n) is 1.00. The van der Waals surface area contributed by atoms with Gasteiger partial charge in [-0.2, -0.15) is 0 Å². The lowest BCUT2D eigenvalue weighted by atomic mass is 10.1. The number of phenols is 1. The number of phenolic OH excluding ortho intramolecular Hbond substituents is 1. The lowest BCUT2D eigenvalue weighted by molar-refractivity contribution is 0.102. The van der Waals surface area contributed by atoms with Crippen LogP contribution >= 0.6 is 11.6 Å². The fraction of sp³-hybridized carbons (Fsp3) is 0.222. The van der Waals surface area contributed by atoms with Crippen molar-refractivity contribution in [3.05, 3.63) is 29.3 Å². The minimum absolute atomic E-state index is 0.0527. The van der Waals surface area contributed by atoms with Crippen molar-refractivity contribution in [1.82, 2.24) is 0 Å². The van der Waals surface area contributed by atoms with Crippen molar-refractivity contribution in [2.24, 2.45) is 0 Å². The number of alkyl halides is 1. The second-order valence-electron chi connectivity index (χ2n) is 2.61. The van der Waals surface area contributed by atoms with Gasteiger partial charge in [-0.1, -0.05) is 0 Å². The Kier molecular flexibility index (Phi) is 2.71. The van der Waals surface area contributed by atoms with Crippen molar-refractivity contribution in [2.75, 3.05) is 5.88 Å². The average molecular weight is 185 g/mol. The Morgan fingerprint density at radius 1 is 1.50 bits per heavy atom. The minimum Gasteiger partial charge on any atom is -0.508 e. The number of benzene rings is 1. The quantitative estimate of drug-likeness (QED) is 0.565. The molecule has 0 fully saturated rings. The van der Waals surface area contributed by atoms with E-state index in [0.29, 0.717) is 5.56 Å². The largest absolute Gasteiger partial charge is 0.508 e. The molecule has 0 unspecified atom stereocenters. The van der Waals surface area contributed by atoms with E-state index in [1.165, 1.54) is 6.07 Å². The average Bonchev–Trinajstić information content (AvgIpc) is 2.01. The highest BCUT2D eigenvalue weighted by atomic mass is 35.5. The molecule has 0 aromatic heterocycles. The number of aryl methyl sites for hydroxylation is 1. The molecule has 0 saturated heterocycles. The van der Waals surface area contributed by atoms with Crippen LogP contribution in [0.5, 0.6) is 5.75 Å². The van der Waals surface area contributed by atoms with Gasteiger partial charge in [0.05, 0.1) is 5.88 Å². The Labute approximate surface area is 75.8 Å². The zero-order valence-electron chi connectivity index (χ0n) is 6.67. The molecule has 1 aromatic carbocycles. The van der Waals surface area contributed by atoms with Crippen molar-refractivity contribution in [2.45, 2.75) is 6.92 Å². The van der Waals surface area contributed by atoms with Crippen molar-refractivity contribution < 1.29 is 9.90 Å². The molecule has 12 heavy (non-hydrogen) atoms. The van der Waals surface area contributed by atoms with E-state index in [9.17, 15) is 4.79 Å². The molecule has 3 heteroatoms. The molecule has 0 bridgehead atoms. The Morgan fingerprint density at radius 2 is 2.17 bits per heavy atom. The summed E-state index contributed by atoms with van der Waals surface area (Å²) in [6.45, 7) is 1.81. The number of hydrogen-bond acceptors (Lipinski definition) is 2. The van der Waals surface area contributed by atoms with Crippen molar-refractivity contribution in [1.29, 1.82) is 0 Å². The summed E-state index contributed by atoms with van der Waals surface area (Å²) >= 11 is 5.36. The maximum Gasteiger partial charge on any atom is 0.177 e. The van der Waals surface area contributed by atoms with Crippen LogP contribution in [0.2, 0.25) is 0 Å². The lowest BCUT2D eigenvalue weighted by Crippen LogP contribution is -1.99. The molecule has 0 heterocycles. The number of ketones is 1. The summed E-state index contributed by atoms with van der Waals surface area (Å²) in [6, 6.07) is 4.70. The molecule has 1 N–H and O–H groups in total. The van der Waals surface area contributed by atoms with Gasteiger partial charge in [-0.25, -0.2) is 0 Å². The van der Waals surface area contributed by atoms with Crippen LogP contribution < -0.4 is 0 Å². The molecular weight excluding hydrogens is 176 g/mol. The van der Waals surface area contributed by atoms with E-state index in [2.05, 4.69) is 0 Å². The minimum atomic E-state index is -0.171. The van der Waals surface area contributed by atoms with Gasteiger partial charge in [0.2, 0.25) is 0 Å². The molecule has 1 aromatic rings. The SMILES string of the molecule is Cc1cc(O)cc(C(=O)CCl)c1. The zero-order valence-corrected chi connectivity index (χ0v) is 7.43. The first-order chi connectivity index (χ1) is 5.63. The molecule has 1 rings (SSSR count). The van der Waals surface area contributed by atoms with Gasteiger partial charge in [0, 0.05) is 5.56 Å². The zero-order chi connectivity index (χ0) is 9.14. The third kappa shape index (κ3) is 1.98. The van der Waals surface area contributed by atoms with Gasteiger partial charge in [-0.05, 0) is 30.7 Å². The van der Waals surface area contributed by atoms with Crippen LogP contribution in [-0.4, -0.2) is 16.8 Å². The lowest BCUT2D eigenvalue weighted by Gasteiger charge is -2.00. The Hall–Kier alpha value is -1.02. The standard InChI is InChI=1S/C9H9ClO2/c1-6-2-7(9(12)5-10)4-8(11)3-6/h2-4,11H,5H2,1H3. The summed E-state index contributed by atoms with van der Waals surface area (Å²) in [7, 11) is 0. The topological polar surface area (TPSA) is 37.3 Å². The van der Waals surface area contributed by atoms with E-state index < -0.39 is 0 Å². The number of rotatable bonds is 2. The monoisotopic (exact) mass is 184 g/mol. The van der Waals surface area contributed by atoms with E-state index >= 15 is 0 Å². The third-order valence-electron chi connectivity index (χ3n) is 1.51. The maximum absolute atomic E-state index is 11.1. The molecule has 0 aliphatic rings.